The molecule has 1 aliphatic rings. The van der Waals surface area contributed by atoms with Crippen molar-refractivity contribution in [3.63, 3.8) is 0 Å². The van der Waals surface area contributed by atoms with E-state index in [2.05, 4.69) is 0 Å². The molecule has 86 valence electrons. The van der Waals surface area contributed by atoms with Crippen LogP contribution in [0.2, 0.25) is 0 Å². The minimum absolute atomic E-state index is 0.329. The number of likely N-dealkylation sites (N-methyl/N-ethyl adjacent to an activating group) is 1. The van der Waals surface area contributed by atoms with E-state index in [1.165, 1.54) is 0 Å². The SMILES string of the molecule is COc1ccc2c(c1)N(C)CC(C(=O)O)O2. The summed E-state index contributed by atoms with van der Waals surface area (Å²) in [7, 11) is 3.42. The monoisotopic (exact) mass is 223 g/mol. The van der Waals surface area contributed by atoms with E-state index in [0.29, 0.717) is 12.3 Å². The molecule has 0 aliphatic carbocycles. The molecule has 0 saturated heterocycles. The van der Waals surface area contributed by atoms with Crippen LogP contribution < -0.4 is 14.4 Å². The Morgan fingerprint density at radius 3 is 3.00 bits per heavy atom. The smallest absolute Gasteiger partial charge is 0.346 e. The molecule has 16 heavy (non-hydrogen) atoms. The molecule has 0 aromatic heterocycles. The zero-order chi connectivity index (χ0) is 11.7. The van der Waals surface area contributed by atoms with E-state index < -0.39 is 12.1 Å². The number of anilines is 1. The highest BCUT2D eigenvalue weighted by atomic mass is 16.5. The van der Waals surface area contributed by atoms with E-state index in [-0.39, 0.29) is 0 Å². The Morgan fingerprint density at radius 1 is 1.62 bits per heavy atom. The van der Waals surface area contributed by atoms with Gasteiger partial charge in [0, 0.05) is 13.1 Å². The topological polar surface area (TPSA) is 59.0 Å². The largest absolute Gasteiger partial charge is 0.497 e. The lowest BCUT2D eigenvalue weighted by Crippen LogP contribution is -2.42. The number of ether oxygens (including phenoxy) is 2. The Kier molecular flexibility index (Phi) is 2.60. The molecule has 0 fully saturated rings. The van der Waals surface area contributed by atoms with Gasteiger partial charge in [0.1, 0.15) is 11.5 Å². The molecule has 1 aliphatic heterocycles. The number of methoxy groups -OCH3 is 1. The predicted octanol–water partition coefficient (Wildman–Crippen LogP) is 0.977. The summed E-state index contributed by atoms with van der Waals surface area (Å²) in [6, 6.07) is 5.30. The normalized spacial score (nSPS) is 18.6. The maximum absolute atomic E-state index is 10.9. The zero-order valence-corrected chi connectivity index (χ0v) is 9.14. The zero-order valence-electron chi connectivity index (χ0n) is 9.14. The highest BCUT2D eigenvalue weighted by Crippen LogP contribution is 2.35. The number of benzene rings is 1. The van der Waals surface area contributed by atoms with Crippen molar-refractivity contribution in [3.05, 3.63) is 18.2 Å². The fourth-order valence-corrected chi connectivity index (χ4v) is 1.69. The average Bonchev–Trinajstić information content (AvgIpc) is 2.28. The lowest BCUT2D eigenvalue weighted by atomic mass is 10.2. The number of nitrogens with zero attached hydrogens (tertiary/aromatic N) is 1. The highest BCUT2D eigenvalue weighted by Gasteiger charge is 2.28. The third kappa shape index (κ3) is 1.76. The summed E-state index contributed by atoms with van der Waals surface area (Å²) >= 11 is 0. The Hall–Kier alpha value is -1.91. The van der Waals surface area contributed by atoms with Gasteiger partial charge in [-0.3, -0.25) is 0 Å². The number of carbonyl (C=O) groups is 1. The van der Waals surface area contributed by atoms with Gasteiger partial charge in [0.25, 0.3) is 0 Å². The summed E-state index contributed by atoms with van der Waals surface area (Å²) in [5.74, 6) is 0.346. The second kappa shape index (κ2) is 3.92. The van der Waals surface area contributed by atoms with Crippen molar-refractivity contribution in [1.82, 2.24) is 0 Å². The van der Waals surface area contributed by atoms with Crippen molar-refractivity contribution in [3.8, 4) is 11.5 Å². The Morgan fingerprint density at radius 2 is 2.38 bits per heavy atom. The summed E-state index contributed by atoms with van der Waals surface area (Å²) in [5, 5.41) is 8.91. The van der Waals surface area contributed by atoms with Crippen LogP contribution in [0.4, 0.5) is 5.69 Å². The fraction of sp³-hybridized carbons (Fsp3) is 0.364. The molecule has 5 heteroatoms. The number of rotatable bonds is 2. The second-order valence-electron chi connectivity index (χ2n) is 3.66. The van der Waals surface area contributed by atoms with Crippen LogP contribution >= 0.6 is 0 Å². The van der Waals surface area contributed by atoms with Gasteiger partial charge >= 0.3 is 5.97 Å². The standard InChI is InChI=1S/C11H13NO4/c1-12-6-10(11(13)14)16-9-4-3-7(15-2)5-8(9)12/h3-5,10H,6H2,1-2H3,(H,13,14). The van der Waals surface area contributed by atoms with Gasteiger partial charge < -0.3 is 19.5 Å². The first kappa shape index (κ1) is 10.6. The number of fused-ring (bicyclic) bond motifs is 1. The molecule has 1 unspecified atom stereocenters. The van der Waals surface area contributed by atoms with Crippen LogP contribution in [-0.2, 0) is 4.79 Å². The maximum Gasteiger partial charge on any atom is 0.346 e. The number of carboxylic acids is 1. The molecule has 2 rings (SSSR count). The molecule has 1 atom stereocenters. The molecular formula is C11H13NO4. The first-order valence-electron chi connectivity index (χ1n) is 4.90. The Bertz CT molecular complexity index is 418. The van der Waals surface area contributed by atoms with Crippen LogP contribution in [0, 0.1) is 0 Å². The predicted molar refractivity (Wildman–Crippen MR) is 58.3 cm³/mol. The molecule has 0 saturated carbocycles. The van der Waals surface area contributed by atoms with E-state index in [9.17, 15) is 4.79 Å². The van der Waals surface area contributed by atoms with E-state index in [1.807, 2.05) is 18.0 Å². The molecule has 0 amide bonds. The highest BCUT2D eigenvalue weighted by molar-refractivity contribution is 5.76. The van der Waals surface area contributed by atoms with Gasteiger partial charge in [-0.15, -0.1) is 0 Å². The summed E-state index contributed by atoms with van der Waals surface area (Å²) in [5.41, 5.74) is 0.844. The Labute approximate surface area is 93.2 Å². The third-order valence-corrected chi connectivity index (χ3v) is 2.56. The number of aliphatic carboxylic acids is 1. The van der Waals surface area contributed by atoms with Crippen molar-refractivity contribution in [2.75, 3.05) is 25.6 Å². The fourth-order valence-electron chi connectivity index (χ4n) is 1.69. The van der Waals surface area contributed by atoms with E-state index >= 15 is 0 Å². The lowest BCUT2D eigenvalue weighted by Gasteiger charge is -2.31. The van der Waals surface area contributed by atoms with Crippen molar-refractivity contribution in [1.29, 1.82) is 0 Å². The van der Waals surface area contributed by atoms with E-state index in [0.717, 1.165) is 11.4 Å². The molecule has 1 N–H and O–H groups in total. The summed E-state index contributed by atoms with van der Waals surface area (Å²) in [6.45, 7) is 0.329. The van der Waals surface area contributed by atoms with Crippen molar-refractivity contribution in [2.24, 2.45) is 0 Å². The Balaban J connectivity index is 2.34. The van der Waals surface area contributed by atoms with Crippen LogP contribution in [0.25, 0.3) is 0 Å². The first-order valence-corrected chi connectivity index (χ1v) is 4.90. The number of carboxylic acid groups (broad SMARTS) is 1. The van der Waals surface area contributed by atoms with E-state index in [4.69, 9.17) is 14.6 Å². The first-order chi connectivity index (χ1) is 7.61. The molecule has 1 aromatic carbocycles. The summed E-state index contributed by atoms with van der Waals surface area (Å²) in [4.78, 5) is 12.7. The van der Waals surface area contributed by atoms with Gasteiger partial charge in [-0.1, -0.05) is 0 Å². The molecule has 1 aromatic rings. The maximum atomic E-state index is 10.9. The van der Waals surface area contributed by atoms with Crippen molar-refractivity contribution < 1.29 is 19.4 Å². The van der Waals surface area contributed by atoms with Gasteiger partial charge in [-0.25, -0.2) is 4.79 Å². The summed E-state index contributed by atoms with van der Waals surface area (Å²) in [6.07, 6.45) is -0.814. The van der Waals surface area contributed by atoms with Crippen LogP contribution in [0.5, 0.6) is 11.5 Å². The molecule has 1 heterocycles. The van der Waals surface area contributed by atoms with Gasteiger partial charge in [-0.05, 0) is 12.1 Å². The molecule has 0 spiro atoms. The van der Waals surface area contributed by atoms with Crippen LogP contribution in [0.15, 0.2) is 18.2 Å². The summed E-state index contributed by atoms with van der Waals surface area (Å²) < 4.78 is 10.5. The number of hydrogen-bond acceptors (Lipinski definition) is 4. The minimum atomic E-state index is -0.951. The van der Waals surface area contributed by atoms with Gasteiger partial charge in [-0.2, -0.15) is 0 Å². The molecular weight excluding hydrogens is 210 g/mol. The van der Waals surface area contributed by atoms with Crippen LogP contribution in [-0.4, -0.2) is 37.9 Å². The van der Waals surface area contributed by atoms with E-state index in [1.54, 1.807) is 19.2 Å². The van der Waals surface area contributed by atoms with Crippen LogP contribution in [0.1, 0.15) is 0 Å². The van der Waals surface area contributed by atoms with Crippen molar-refractivity contribution in [2.45, 2.75) is 6.10 Å². The second-order valence-corrected chi connectivity index (χ2v) is 3.66. The van der Waals surface area contributed by atoms with Gasteiger partial charge in [0.2, 0.25) is 6.10 Å². The molecule has 5 nitrogen and oxygen atoms in total. The lowest BCUT2D eigenvalue weighted by molar-refractivity contribution is -0.144. The quantitative estimate of drug-likeness (QED) is 0.809. The molecule has 0 bridgehead atoms. The minimum Gasteiger partial charge on any atom is -0.497 e. The number of hydrogen-bond donors (Lipinski definition) is 1. The van der Waals surface area contributed by atoms with Crippen molar-refractivity contribution >= 4 is 11.7 Å². The average molecular weight is 223 g/mol. The van der Waals surface area contributed by atoms with Gasteiger partial charge in [0.05, 0.1) is 19.3 Å². The third-order valence-electron chi connectivity index (χ3n) is 2.56. The molecule has 0 radical (unpaired) electrons. The van der Waals surface area contributed by atoms with Gasteiger partial charge in [0.15, 0.2) is 0 Å². The van der Waals surface area contributed by atoms with Crippen LogP contribution in [0.3, 0.4) is 0 Å².